The first-order valence-corrected chi connectivity index (χ1v) is 4.92. The van der Waals surface area contributed by atoms with Crippen LogP contribution in [0, 0.1) is 0 Å². The summed E-state index contributed by atoms with van der Waals surface area (Å²) >= 11 is 0. The van der Waals surface area contributed by atoms with Gasteiger partial charge in [0, 0.05) is 0 Å². The monoisotopic (exact) mass is 215 g/mol. The minimum atomic E-state index is -0.309. The zero-order valence-corrected chi connectivity index (χ0v) is 9.01. The number of rotatable bonds is 4. The molecule has 0 aliphatic rings. The molecule has 0 radical (unpaired) electrons. The Balaban J connectivity index is 2.79. The number of benzene rings is 1. The minimum Gasteiger partial charge on any atom is -0.320 e. The topological polar surface area (TPSA) is 46.2 Å². The maximum absolute atomic E-state index is 11.2. The van der Waals surface area contributed by atoms with Gasteiger partial charge in [0.15, 0.2) is 6.29 Å². The van der Waals surface area contributed by atoms with Gasteiger partial charge in [0.05, 0.1) is 5.70 Å². The van der Waals surface area contributed by atoms with Gasteiger partial charge in [-0.1, -0.05) is 36.4 Å². The van der Waals surface area contributed by atoms with Crippen LogP contribution >= 0.6 is 0 Å². The number of nitrogens with one attached hydrogen (secondary N) is 1. The Morgan fingerprint density at radius 2 is 1.94 bits per heavy atom. The van der Waals surface area contributed by atoms with Crippen molar-refractivity contribution in [1.82, 2.24) is 5.32 Å². The number of hydrogen-bond donors (Lipinski definition) is 1. The van der Waals surface area contributed by atoms with Gasteiger partial charge in [-0.25, -0.2) is 0 Å². The lowest BCUT2D eigenvalue weighted by Gasteiger charge is -2.00. The van der Waals surface area contributed by atoms with Crippen LogP contribution in [0.3, 0.4) is 0 Å². The summed E-state index contributed by atoms with van der Waals surface area (Å²) < 4.78 is 0. The van der Waals surface area contributed by atoms with Crippen LogP contribution in [0.1, 0.15) is 12.5 Å². The Kier molecular flexibility index (Phi) is 4.73. The zero-order valence-electron chi connectivity index (χ0n) is 9.01. The molecule has 0 bridgehead atoms. The average Bonchev–Trinajstić information content (AvgIpc) is 2.30. The lowest BCUT2D eigenvalue weighted by Crippen LogP contribution is -2.20. The van der Waals surface area contributed by atoms with Crippen LogP contribution in [-0.2, 0) is 9.59 Å². The minimum absolute atomic E-state index is 0.245. The highest BCUT2D eigenvalue weighted by atomic mass is 16.2. The smallest absolute Gasteiger partial charge is 0.248 e. The van der Waals surface area contributed by atoms with Crippen molar-refractivity contribution < 1.29 is 9.59 Å². The summed E-state index contributed by atoms with van der Waals surface area (Å²) in [6, 6.07) is 9.32. The van der Waals surface area contributed by atoms with Crippen molar-refractivity contribution in [3.8, 4) is 0 Å². The van der Waals surface area contributed by atoms with E-state index in [1.807, 2.05) is 30.3 Å². The molecule has 1 aromatic rings. The standard InChI is InChI=1S/C13H13NO2/c1-2-6-13(16)14-12(10-15)9-11-7-4-3-5-8-11/h2-10H,1H3,(H,14,16)/b6-2+,12-9?. The SMILES string of the molecule is C/C=C/C(=O)NC(C=O)=Cc1ccccc1. The van der Waals surface area contributed by atoms with Gasteiger partial charge < -0.3 is 5.32 Å². The molecule has 3 heteroatoms. The van der Waals surface area contributed by atoms with Gasteiger partial charge in [-0.2, -0.15) is 0 Å². The van der Waals surface area contributed by atoms with Gasteiger partial charge in [0.2, 0.25) is 5.91 Å². The number of hydrogen-bond acceptors (Lipinski definition) is 2. The van der Waals surface area contributed by atoms with Gasteiger partial charge in [-0.15, -0.1) is 0 Å². The van der Waals surface area contributed by atoms with E-state index in [1.165, 1.54) is 6.08 Å². The molecule has 16 heavy (non-hydrogen) atoms. The molecule has 3 nitrogen and oxygen atoms in total. The normalized spacial score (nSPS) is 11.4. The second-order valence-corrected chi connectivity index (χ2v) is 3.12. The van der Waals surface area contributed by atoms with Crippen molar-refractivity contribution in [1.29, 1.82) is 0 Å². The van der Waals surface area contributed by atoms with Gasteiger partial charge in [0.25, 0.3) is 0 Å². The van der Waals surface area contributed by atoms with E-state index in [2.05, 4.69) is 5.32 Å². The Bertz CT molecular complexity index is 419. The quantitative estimate of drug-likeness (QED) is 0.616. The summed E-state index contributed by atoms with van der Waals surface area (Å²) in [6.07, 6.45) is 5.21. The first-order valence-electron chi connectivity index (χ1n) is 4.92. The van der Waals surface area contributed by atoms with Crippen molar-refractivity contribution in [2.24, 2.45) is 0 Å². The molecule has 0 aliphatic carbocycles. The lowest BCUT2D eigenvalue weighted by molar-refractivity contribution is -0.117. The van der Waals surface area contributed by atoms with Crippen LogP contribution in [0.5, 0.6) is 0 Å². The largest absolute Gasteiger partial charge is 0.320 e. The van der Waals surface area contributed by atoms with Crippen molar-refractivity contribution in [3.05, 3.63) is 53.7 Å². The molecule has 0 aliphatic heterocycles. The predicted octanol–water partition coefficient (Wildman–Crippen LogP) is 1.92. The second kappa shape index (κ2) is 6.35. The van der Waals surface area contributed by atoms with E-state index in [1.54, 1.807) is 19.1 Å². The van der Waals surface area contributed by atoms with E-state index in [0.29, 0.717) is 6.29 Å². The van der Waals surface area contributed by atoms with Gasteiger partial charge in [0.1, 0.15) is 0 Å². The summed E-state index contributed by atoms with van der Waals surface area (Å²) in [5.74, 6) is -0.309. The maximum Gasteiger partial charge on any atom is 0.248 e. The molecule has 1 rings (SSSR count). The molecule has 0 unspecified atom stereocenters. The summed E-state index contributed by atoms with van der Waals surface area (Å²) in [5, 5.41) is 2.48. The Morgan fingerprint density at radius 3 is 2.50 bits per heavy atom. The fraction of sp³-hybridized carbons (Fsp3) is 0.0769. The van der Waals surface area contributed by atoms with Gasteiger partial charge in [-0.05, 0) is 24.6 Å². The van der Waals surface area contributed by atoms with E-state index in [4.69, 9.17) is 0 Å². The van der Waals surface area contributed by atoms with Gasteiger partial charge >= 0.3 is 0 Å². The first-order chi connectivity index (χ1) is 7.76. The molecular formula is C13H13NO2. The Morgan fingerprint density at radius 1 is 1.25 bits per heavy atom. The number of amides is 1. The fourth-order valence-corrected chi connectivity index (χ4v) is 1.16. The molecule has 0 saturated heterocycles. The molecule has 0 spiro atoms. The van der Waals surface area contributed by atoms with Crippen molar-refractivity contribution in [2.45, 2.75) is 6.92 Å². The molecule has 0 heterocycles. The third-order valence-electron chi connectivity index (χ3n) is 1.83. The van der Waals surface area contributed by atoms with Crippen LogP contribution in [0.4, 0.5) is 0 Å². The molecule has 1 aromatic carbocycles. The summed E-state index contributed by atoms with van der Waals surface area (Å²) in [5.41, 5.74) is 1.11. The van der Waals surface area contributed by atoms with E-state index < -0.39 is 0 Å². The predicted molar refractivity (Wildman–Crippen MR) is 63.4 cm³/mol. The molecule has 0 atom stereocenters. The van der Waals surface area contributed by atoms with Crippen LogP contribution < -0.4 is 5.32 Å². The second-order valence-electron chi connectivity index (χ2n) is 3.12. The highest BCUT2D eigenvalue weighted by Crippen LogP contribution is 2.03. The molecule has 0 aromatic heterocycles. The third kappa shape index (κ3) is 3.92. The number of carbonyl (C=O) groups is 2. The molecule has 1 amide bonds. The van der Waals surface area contributed by atoms with Crippen molar-refractivity contribution >= 4 is 18.3 Å². The Labute approximate surface area is 94.5 Å². The molecule has 82 valence electrons. The highest BCUT2D eigenvalue weighted by Gasteiger charge is 1.99. The highest BCUT2D eigenvalue weighted by molar-refractivity contribution is 5.95. The fourth-order valence-electron chi connectivity index (χ4n) is 1.16. The maximum atomic E-state index is 11.2. The number of allylic oxidation sites excluding steroid dienone is 2. The molecular weight excluding hydrogens is 202 g/mol. The van der Waals surface area contributed by atoms with Crippen LogP contribution in [-0.4, -0.2) is 12.2 Å². The van der Waals surface area contributed by atoms with Crippen LogP contribution in [0.15, 0.2) is 48.2 Å². The zero-order chi connectivity index (χ0) is 11.8. The summed E-state index contributed by atoms with van der Waals surface area (Å²) in [4.78, 5) is 21.9. The summed E-state index contributed by atoms with van der Waals surface area (Å²) in [6.45, 7) is 1.74. The average molecular weight is 215 g/mol. The molecule has 1 N–H and O–H groups in total. The van der Waals surface area contributed by atoms with E-state index in [0.717, 1.165) is 5.56 Å². The Hall–Kier alpha value is -2.16. The van der Waals surface area contributed by atoms with Crippen molar-refractivity contribution in [2.75, 3.05) is 0 Å². The van der Waals surface area contributed by atoms with Crippen LogP contribution in [0.2, 0.25) is 0 Å². The molecule has 0 fully saturated rings. The lowest BCUT2D eigenvalue weighted by atomic mass is 10.2. The summed E-state index contributed by atoms with van der Waals surface area (Å²) in [7, 11) is 0. The van der Waals surface area contributed by atoms with Crippen LogP contribution in [0.25, 0.3) is 6.08 Å². The number of aldehydes is 1. The number of carbonyl (C=O) groups excluding carboxylic acids is 2. The first kappa shape index (κ1) is 11.9. The van der Waals surface area contributed by atoms with E-state index >= 15 is 0 Å². The van der Waals surface area contributed by atoms with Gasteiger partial charge in [-0.3, -0.25) is 9.59 Å². The third-order valence-corrected chi connectivity index (χ3v) is 1.83. The van der Waals surface area contributed by atoms with E-state index in [9.17, 15) is 9.59 Å². The van der Waals surface area contributed by atoms with Crippen molar-refractivity contribution in [3.63, 3.8) is 0 Å². The molecule has 0 saturated carbocycles. The van der Waals surface area contributed by atoms with E-state index in [-0.39, 0.29) is 11.6 Å².